The summed E-state index contributed by atoms with van der Waals surface area (Å²) < 4.78 is 0. The third-order valence-electron chi connectivity index (χ3n) is 4.52. The Morgan fingerprint density at radius 3 is 2.43 bits per heavy atom. The van der Waals surface area contributed by atoms with Crippen molar-refractivity contribution in [2.45, 2.75) is 12.8 Å². The zero-order chi connectivity index (χ0) is 19.9. The van der Waals surface area contributed by atoms with Crippen molar-refractivity contribution in [2.24, 2.45) is 5.92 Å². The fourth-order valence-corrected chi connectivity index (χ4v) is 3.25. The Morgan fingerprint density at radius 1 is 0.964 bits per heavy atom. The molecule has 0 aliphatic carbocycles. The summed E-state index contributed by atoms with van der Waals surface area (Å²) in [5, 5.41) is 3.12. The van der Waals surface area contributed by atoms with Crippen LogP contribution in [0.1, 0.15) is 23.2 Å². The summed E-state index contributed by atoms with van der Waals surface area (Å²) in [5.74, 6) is -1.23. The predicted molar refractivity (Wildman–Crippen MR) is 107 cm³/mol. The highest BCUT2D eigenvalue weighted by molar-refractivity contribution is 6.33. The van der Waals surface area contributed by atoms with Gasteiger partial charge in [-0.3, -0.25) is 20.4 Å². The maximum atomic E-state index is 12.4. The molecule has 0 saturated carbocycles. The largest absolute Gasteiger partial charge is 0.324 e. The van der Waals surface area contributed by atoms with Gasteiger partial charge < -0.3 is 10.2 Å². The number of hydrogen-bond acceptors (Lipinski definition) is 3. The number of likely N-dealkylation sites (tertiary alicyclic amines) is 1. The lowest BCUT2D eigenvalue weighted by atomic mass is 9.98. The van der Waals surface area contributed by atoms with Gasteiger partial charge in [-0.1, -0.05) is 41.9 Å². The van der Waals surface area contributed by atoms with Gasteiger partial charge in [0.05, 0.1) is 16.5 Å². The minimum absolute atomic E-state index is 0.246. The molecule has 1 aliphatic rings. The molecule has 8 heteroatoms. The lowest BCUT2D eigenvalue weighted by molar-refractivity contribution is -0.127. The maximum absolute atomic E-state index is 12.4. The molecule has 146 valence electrons. The van der Waals surface area contributed by atoms with Gasteiger partial charge in [-0.15, -0.1) is 0 Å². The standard InChI is InChI=1S/C20H21ClN4O3/c21-17-11-5-4-10-16(17)19(27)24-23-18(26)14-7-6-12-25(13-14)20(28)22-15-8-2-1-3-9-15/h1-5,8-11,14H,6-7,12-13H2,(H,22,28)(H,23,26)(H,24,27)/t14-/m0/s1. The van der Waals surface area contributed by atoms with Crippen molar-refractivity contribution >= 4 is 35.1 Å². The van der Waals surface area contributed by atoms with Crippen LogP contribution in [0.4, 0.5) is 10.5 Å². The Bertz CT molecular complexity index is 860. The summed E-state index contributed by atoms with van der Waals surface area (Å²) in [5.41, 5.74) is 5.79. The van der Waals surface area contributed by atoms with Crippen LogP contribution in [0.2, 0.25) is 5.02 Å². The molecule has 2 aromatic rings. The van der Waals surface area contributed by atoms with E-state index in [0.717, 1.165) is 0 Å². The van der Waals surface area contributed by atoms with Gasteiger partial charge >= 0.3 is 6.03 Å². The van der Waals surface area contributed by atoms with E-state index in [2.05, 4.69) is 16.2 Å². The number of carbonyl (C=O) groups excluding carboxylic acids is 3. The summed E-state index contributed by atoms with van der Waals surface area (Å²) in [6, 6.07) is 15.5. The van der Waals surface area contributed by atoms with Gasteiger partial charge in [0.15, 0.2) is 0 Å². The van der Waals surface area contributed by atoms with Crippen LogP contribution in [0.3, 0.4) is 0 Å². The Balaban J connectivity index is 1.52. The minimum Gasteiger partial charge on any atom is -0.324 e. The van der Waals surface area contributed by atoms with E-state index in [1.807, 2.05) is 18.2 Å². The molecule has 0 bridgehead atoms. The van der Waals surface area contributed by atoms with Crippen LogP contribution in [0, 0.1) is 5.92 Å². The van der Waals surface area contributed by atoms with Crippen LogP contribution in [-0.4, -0.2) is 35.8 Å². The van der Waals surface area contributed by atoms with Crippen molar-refractivity contribution in [3.05, 3.63) is 65.2 Å². The highest BCUT2D eigenvalue weighted by Gasteiger charge is 2.28. The summed E-state index contributed by atoms with van der Waals surface area (Å²) in [6.45, 7) is 0.862. The van der Waals surface area contributed by atoms with E-state index in [9.17, 15) is 14.4 Å². The molecule has 0 spiro atoms. The normalized spacial score (nSPS) is 16.2. The number of benzene rings is 2. The number of carbonyl (C=O) groups is 3. The molecular weight excluding hydrogens is 380 g/mol. The number of amides is 4. The summed E-state index contributed by atoms with van der Waals surface area (Å²) in [4.78, 5) is 38.6. The zero-order valence-electron chi connectivity index (χ0n) is 15.2. The van der Waals surface area contributed by atoms with E-state index in [1.165, 1.54) is 0 Å². The number of rotatable bonds is 3. The van der Waals surface area contributed by atoms with Crippen molar-refractivity contribution in [1.82, 2.24) is 15.8 Å². The smallest absolute Gasteiger partial charge is 0.321 e. The molecule has 4 amide bonds. The van der Waals surface area contributed by atoms with Gasteiger partial charge in [0.2, 0.25) is 5.91 Å². The highest BCUT2D eigenvalue weighted by Crippen LogP contribution is 2.18. The first-order valence-corrected chi connectivity index (χ1v) is 9.38. The molecule has 1 atom stereocenters. The predicted octanol–water partition coefficient (Wildman–Crippen LogP) is 3.05. The number of nitrogens with zero attached hydrogens (tertiary/aromatic N) is 1. The van der Waals surface area contributed by atoms with Crippen molar-refractivity contribution in [3.8, 4) is 0 Å². The summed E-state index contributed by atoms with van der Waals surface area (Å²) >= 11 is 5.98. The average molecular weight is 401 g/mol. The van der Waals surface area contributed by atoms with Crippen molar-refractivity contribution in [2.75, 3.05) is 18.4 Å². The second kappa shape index (κ2) is 9.23. The van der Waals surface area contributed by atoms with Crippen LogP contribution in [0.5, 0.6) is 0 Å². The number of halogens is 1. The fourth-order valence-electron chi connectivity index (χ4n) is 3.03. The molecule has 0 unspecified atom stereocenters. The fraction of sp³-hybridized carbons (Fsp3) is 0.250. The van der Waals surface area contributed by atoms with Gasteiger partial charge in [-0.2, -0.15) is 0 Å². The first-order chi connectivity index (χ1) is 13.5. The van der Waals surface area contributed by atoms with E-state index in [1.54, 1.807) is 41.3 Å². The number of para-hydroxylation sites is 1. The Morgan fingerprint density at radius 2 is 1.68 bits per heavy atom. The Labute approximate surface area is 168 Å². The summed E-state index contributed by atoms with van der Waals surface area (Å²) in [7, 11) is 0. The molecule has 2 aromatic carbocycles. The van der Waals surface area contributed by atoms with Crippen molar-refractivity contribution in [3.63, 3.8) is 0 Å². The van der Waals surface area contributed by atoms with Gasteiger partial charge in [0.25, 0.3) is 5.91 Å². The van der Waals surface area contributed by atoms with Crippen molar-refractivity contribution < 1.29 is 14.4 Å². The molecular formula is C20H21ClN4O3. The minimum atomic E-state index is -0.492. The third-order valence-corrected chi connectivity index (χ3v) is 4.85. The molecule has 28 heavy (non-hydrogen) atoms. The Hall–Kier alpha value is -3.06. The molecule has 1 heterocycles. The van der Waals surface area contributed by atoms with E-state index in [4.69, 9.17) is 11.6 Å². The second-order valence-electron chi connectivity index (χ2n) is 6.50. The third kappa shape index (κ3) is 5.01. The van der Waals surface area contributed by atoms with Gasteiger partial charge in [-0.25, -0.2) is 4.79 Å². The summed E-state index contributed by atoms with van der Waals surface area (Å²) in [6.07, 6.45) is 1.35. The molecule has 3 rings (SSSR count). The van der Waals surface area contributed by atoms with Gasteiger partial charge in [0, 0.05) is 18.8 Å². The number of urea groups is 1. The van der Waals surface area contributed by atoms with Crippen LogP contribution < -0.4 is 16.2 Å². The number of nitrogens with one attached hydrogen (secondary N) is 3. The topological polar surface area (TPSA) is 90.5 Å². The number of anilines is 1. The van der Waals surface area contributed by atoms with Crippen LogP contribution in [0.25, 0.3) is 0 Å². The average Bonchev–Trinajstić information content (AvgIpc) is 2.73. The SMILES string of the molecule is O=C(NNC(=O)[C@H]1CCCN(C(=O)Nc2ccccc2)C1)c1ccccc1Cl. The van der Waals surface area contributed by atoms with Gasteiger partial charge in [0.1, 0.15) is 0 Å². The number of hydrogen-bond donors (Lipinski definition) is 3. The first-order valence-electron chi connectivity index (χ1n) is 9.00. The molecule has 7 nitrogen and oxygen atoms in total. The highest BCUT2D eigenvalue weighted by atomic mass is 35.5. The van der Waals surface area contributed by atoms with E-state index >= 15 is 0 Å². The lowest BCUT2D eigenvalue weighted by Gasteiger charge is -2.32. The molecule has 3 N–H and O–H groups in total. The first kappa shape index (κ1) is 19.7. The molecule has 0 radical (unpaired) electrons. The van der Waals surface area contributed by atoms with Crippen LogP contribution in [-0.2, 0) is 4.79 Å². The van der Waals surface area contributed by atoms with Crippen LogP contribution >= 0.6 is 11.6 Å². The maximum Gasteiger partial charge on any atom is 0.321 e. The quantitative estimate of drug-likeness (QED) is 0.691. The van der Waals surface area contributed by atoms with E-state index < -0.39 is 11.8 Å². The van der Waals surface area contributed by atoms with Crippen molar-refractivity contribution in [1.29, 1.82) is 0 Å². The zero-order valence-corrected chi connectivity index (χ0v) is 15.9. The molecule has 0 aromatic heterocycles. The Kier molecular flexibility index (Phi) is 6.49. The van der Waals surface area contributed by atoms with Gasteiger partial charge in [-0.05, 0) is 37.1 Å². The molecule has 1 fully saturated rings. The lowest BCUT2D eigenvalue weighted by Crippen LogP contribution is -2.50. The second-order valence-corrected chi connectivity index (χ2v) is 6.91. The molecule has 1 aliphatic heterocycles. The number of hydrazine groups is 1. The van der Waals surface area contributed by atoms with E-state index in [0.29, 0.717) is 30.1 Å². The number of piperidine rings is 1. The monoisotopic (exact) mass is 400 g/mol. The van der Waals surface area contributed by atoms with Crippen LogP contribution in [0.15, 0.2) is 54.6 Å². The van der Waals surface area contributed by atoms with E-state index in [-0.39, 0.29) is 24.0 Å². The molecule has 1 saturated heterocycles.